The SMILES string of the molecule is CC(OOC(=O)C1C2C=CC(C2)C1C(=O)O)OC(C)(C)C. The van der Waals surface area contributed by atoms with E-state index < -0.39 is 35.7 Å². The van der Waals surface area contributed by atoms with Gasteiger partial charge >= 0.3 is 11.9 Å². The van der Waals surface area contributed by atoms with Crippen LogP contribution < -0.4 is 0 Å². The number of fused-ring (bicyclic) bond motifs is 2. The lowest BCUT2D eigenvalue weighted by molar-refractivity contribution is -0.363. The van der Waals surface area contributed by atoms with Crippen molar-refractivity contribution in [1.29, 1.82) is 0 Å². The van der Waals surface area contributed by atoms with Crippen molar-refractivity contribution in [3.8, 4) is 0 Å². The Hall–Kier alpha value is -1.40. The first-order valence-corrected chi connectivity index (χ1v) is 7.15. The zero-order chi connectivity index (χ0) is 15.8. The van der Waals surface area contributed by atoms with Gasteiger partial charge in [0.15, 0.2) is 0 Å². The second kappa shape index (κ2) is 5.77. The molecular formula is C15H22O6. The summed E-state index contributed by atoms with van der Waals surface area (Å²) in [6.07, 6.45) is 3.74. The highest BCUT2D eigenvalue weighted by Crippen LogP contribution is 2.48. The third kappa shape index (κ3) is 3.63. The van der Waals surface area contributed by atoms with Crippen molar-refractivity contribution in [3.63, 3.8) is 0 Å². The highest BCUT2D eigenvalue weighted by molar-refractivity contribution is 5.83. The first-order chi connectivity index (χ1) is 9.69. The van der Waals surface area contributed by atoms with Crippen LogP contribution in [-0.4, -0.2) is 28.9 Å². The average molecular weight is 298 g/mol. The molecule has 1 saturated carbocycles. The van der Waals surface area contributed by atoms with Gasteiger partial charge in [-0.3, -0.25) is 9.68 Å². The van der Waals surface area contributed by atoms with Gasteiger partial charge in [-0.05, 0) is 46.0 Å². The van der Waals surface area contributed by atoms with Crippen molar-refractivity contribution < 1.29 is 29.2 Å². The molecule has 0 saturated heterocycles. The van der Waals surface area contributed by atoms with Crippen LogP contribution in [0.5, 0.6) is 0 Å². The lowest BCUT2D eigenvalue weighted by Gasteiger charge is -2.25. The van der Waals surface area contributed by atoms with Crippen molar-refractivity contribution in [2.75, 3.05) is 0 Å². The predicted octanol–water partition coefficient (Wildman–Crippen LogP) is 2.15. The zero-order valence-electron chi connectivity index (χ0n) is 12.7. The lowest BCUT2D eigenvalue weighted by atomic mass is 9.83. The van der Waals surface area contributed by atoms with Crippen molar-refractivity contribution >= 4 is 11.9 Å². The Morgan fingerprint density at radius 3 is 2.29 bits per heavy atom. The average Bonchev–Trinajstić information content (AvgIpc) is 2.93. The second-order valence-electron chi connectivity index (χ2n) is 6.63. The molecule has 1 N–H and O–H groups in total. The van der Waals surface area contributed by atoms with Gasteiger partial charge in [-0.1, -0.05) is 12.2 Å². The van der Waals surface area contributed by atoms with Crippen LogP contribution in [0.1, 0.15) is 34.1 Å². The Morgan fingerprint density at radius 1 is 1.19 bits per heavy atom. The molecule has 2 aliphatic carbocycles. The molecule has 0 aromatic heterocycles. The summed E-state index contributed by atoms with van der Waals surface area (Å²) in [6, 6.07) is 0. The summed E-state index contributed by atoms with van der Waals surface area (Å²) in [4.78, 5) is 33.2. The van der Waals surface area contributed by atoms with Crippen LogP contribution in [-0.2, 0) is 24.1 Å². The fraction of sp³-hybridized carbons (Fsp3) is 0.733. The number of ether oxygens (including phenoxy) is 1. The number of hydrogen-bond acceptors (Lipinski definition) is 5. The lowest BCUT2D eigenvalue weighted by Crippen LogP contribution is -2.35. The smallest absolute Gasteiger partial charge is 0.347 e. The molecule has 6 nitrogen and oxygen atoms in total. The van der Waals surface area contributed by atoms with E-state index in [4.69, 9.17) is 14.5 Å². The molecule has 0 spiro atoms. The number of aliphatic carboxylic acids is 1. The Bertz CT molecular complexity index is 450. The van der Waals surface area contributed by atoms with Gasteiger partial charge < -0.3 is 9.84 Å². The van der Waals surface area contributed by atoms with Crippen LogP contribution in [0.3, 0.4) is 0 Å². The van der Waals surface area contributed by atoms with Crippen LogP contribution in [0.15, 0.2) is 12.2 Å². The van der Waals surface area contributed by atoms with E-state index in [1.165, 1.54) is 0 Å². The molecule has 2 bridgehead atoms. The normalized spacial score (nSPS) is 32.2. The summed E-state index contributed by atoms with van der Waals surface area (Å²) in [7, 11) is 0. The van der Waals surface area contributed by atoms with E-state index in [1.54, 1.807) is 6.92 Å². The van der Waals surface area contributed by atoms with Crippen LogP contribution in [0.25, 0.3) is 0 Å². The number of carbonyl (C=O) groups is 2. The minimum atomic E-state index is -0.965. The second-order valence-corrected chi connectivity index (χ2v) is 6.63. The molecule has 1 fully saturated rings. The van der Waals surface area contributed by atoms with Gasteiger partial charge in [-0.25, -0.2) is 4.79 Å². The fourth-order valence-electron chi connectivity index (χ4n) is 3.17. The first kappa shape index (κ1) is 16.0. The Kier molecular flexibility index (Phi) is 4.39. The Labute approximate surface area is 124 Å². The third-order valence-corrected chi connectivity index (χ3v) is 3.80. The number of carbonyl (C=O) groups excluding carboxylic acids is 1. The number of allylic oxidation sites excluding steroid dienone is 2. The van der Waals surface area contributed by atoms with E-state index in [-0.39, 0.29) is 11.8 Å². The number of carboxylic acid groups (broad SMARTS) is 1. The predicted molar refractivity (Wildman–Crippen MR) is 72.8 cm³/mol. The fourth-order valence-corrected chi connectivity index (χ4v) is 3.17. The van der Waals surface area contributed by atoms with Gasteiger partial charge in [-0.2, -0.15) is 4.89 Å². The van der Waals surface area contributed by atoms with E-state index in [2.05, 4.69) is 0 Å². The maximum Gasteiger partial charge on any atom is 0.347 e. The number of carboxylic acids is 1. The van der Waals surface area contributed by atoms with Gasteiger partial charge in [0.2, 0.25) is 6.29 Å². The molecule has 0 aromatic rings. The molecule has 0 heterocycles. The largest absolute Gasteiger partial charge is 0.481 e. The van der Waals surface area contributed by atoms with Gasteiger partial charge in [0.05, 0.1) is 17.4 Å². The zero-order valence-corrected chi connectivity index (χ0v) is 12.7. The highest BCUT2D eigenvalue weighted by atomic mass is 17.2. The van der Waals surface area contributed by atoms with Crippen LogP contribution >= 0.6 is 0 Å². The molecule has 21 heavy (non-hydrogen) atoms. The highest BCUT2D eigenvalue weighted by Gasteiger charge is 2.53. The molecule has 0 amide bonds. The van der Waals surface area contributed by atoms with Gasteiger partial charge in [-0.15, -0.1) is 0 Å². The Balaban J connectivity index is 1.91. The molecule has 0 aliphatic heterocycles. The molecular weight excluding hydrogens is 276 g/mol. The maximum atomic E-state index is 12.1. The van der Waals surface area contributed by atoms with E-state index in [0.717, 1.165) is 0 Å². The molecule has 118 valence electrons. The van der Waals surface area contributed by atoms with Gasteiger partial charge in [0.1, 0.15) is 0 Å². The van der Waals surface area contributed by atoms with Crippen LogP contribution in [0, 0.1) is 23.7 Å². The minimum Gasteiger partial charge on any atom is -0.481 e. The standard InChI is InChI=1S/C15H22O6/c1-8(19-15(2,3)4)20-21-14(18)12-10-6-5-9(7-10)11(12)13(16)17/h5-6,8-12H,7H2,1-4H3,(H,16,17). The molecule has 0 aromatic carbocycles. The van der Waals surface area contributed by atoms with Crippen molar-refractivity contribution in [3.05, 3.63) is 12.2 Å². The molecule has 6 heteroatoms. The number of rotatable bonds is 5. The van der Waals surface area contributed by atoms with Gasteiger partial charge in [0.25, 0.3) is 0 Å². The van der Waals surface area contributed by atoms with E-state index in [0.29, 0.717) is 6.42 Å². The minimum absolute atomic E-state index is 0.0777. The summed E-state index contributed by atoms with van der Waals surface area (Å²) in [5, 5.41) is 9.28. The first-order valence-electron chi connectivity index (χ1n) is 7.15. The number of hydrogen-bond donors (Lipinski definition) is 1. The molecule has 5 atom stereocenters. The molecule has 0 radical (unpaired) electrons. The van der Waals surface area contributed by atoms with Crippen molar-refractivity contribution in [2.45, 2.75) is 46.0 Å². The van der Waals surface area contributed by atoms with E-state index in [9.17, 15) is 14.7 Å². The van der Waals surface area contributed by atoms with E-state index in [1.807, 2.05) is 32.9 Å². The third-order valence-electron chi connectivity index (χ3n) is 3.80. The Morgan fingerprint density at radius 2 is 1.76 bits per heavy atom. The van der Waals surface area contributed by atoms with Crippen LogP contribution in [0.2, 0.25) is 0 Å². The summed E-state index contributed by atoms with van der Waals surface area (Å²) in [5.74, 6) is -3.18. The summed E-state index contributed by atoms with van der Waals surface area (Å²) >= 11 is 0. The maximum absolute atomic E-state index is 12.1. The molecule has 2 rings (SSSR count). The van der Waals surface area contributed by atoms with Crippen LogP contribution in [0.4, 0.5) is 0 Å². The van der Waals surface area contributed by atoms with E-state index >= 15 is 0 Å². The summed E-state index contributed by atoms with van der Waals surface area (Å²) in [6.45, 7) is 7.19. The molecule has 2 aliphatic rings. The topological polar surface area (TPSA) is 82.1 Å². The molecule has 5 unspecified atom stereocenters. The van der Waals surface area contributed by atoms with Gasteiger partial charge in [0, 0.05) is 0 Å². The summed E-state index contributed by atoms with van der Waals surface area (Å²) < 4.78 is 5.46. The summed E-state index contributed by atoms with van der Waals surface area (Å²) in [5.41, 5.74) is -0.426. The van der Waals surface area contributed by atoms with Crippen molar-refractivity contribution in [2.24, 2.45) is 23.7 Å². The van der Waals surface area contributed by atoms with Crippen molar-refractivity contribution in [1.82, 2.24) is 0 Å². The monoisotopic (exact) mass is 298 g/mol. The quantitative estimate of drug-likeness (QED) is 0.362.